The van der Waals surface area contributed by atoms with Crippen molar-refractivity contribution in [2.75, 3.05) is 32.7 Å². The monoisotopic (exact) mass is 293 g/mol. The second-order valence-corrected chi connectivity index (χ2v) is 5.17. The molecule has 1 aliphatic heterocycles. The number of nitrogens with zero attached hydrogens (tertiary/aromatic N) is 3. The average Bonchev–Trinajstić information content (AvgIpc) is 2.48. The summed E-state index contributed by atoms with van der Waals surface area (Å²) in [6, 6.07) is 6.06. The van der Waals surface area contributed by atoms with E-state index >= 15 is 0 Å². The third-order valence-electron chi connectivity index (χ3n) is 3.71. The minimum atomic E-state index is -0.770. The summed E-state index contributed by atoms with van der Waals surface area (Å²) in [6.07, 6.45) is -0.770. The number of amides is 1. The average molecular weight is 293 g/mol. The summed E-state index contributed by atoms with van der Waals surface area (Å²) in [5.74, 6) is 0.0638. The third-order valence-corrected chi connectivity index (χ3v) is 3.71. The zero-order valence-electron chi connectivity index (χ0n) is 11.9. The number of carbonyl (C=O) groups excluding carboxylic acids is 1. The van der Waals surface area contributed by atoms with Crippen molar-refractivity contribution >= 4 is 11.6 Å². The fraction of sp³-hybridized carbons (Fsp3) is 0.500. The lowest BCUT2D eigenvalue weighted by molar-refractivity contribution is -0.385. The molecule has 1 fully saturated rings. The molecule has 2 rings (SSSR count). The highest BCUT2D eigenvalue weighted by Crippen LogP contribution is 2.20. The quantitative estimate of drug-likeness (QED) is 0.655. The topological polar surface area (TPSA) is 86.9 Å². The molecule has 1 atom stereocenters. The molecule has 1 aromatic carbocycles. The van der Waals surface area contributed by atoms with Crippen LogP contribution in [-0.4, -0.2) is 58.5 Å². The van der Waals surface area contributed by atoms with Crippen LogP contribution in [-0.2, 0) is 4.79 Å². The highest BCUT2D eigenvalue weighted by Gasteiger charge is 2.21. The molecule has 0 spiro atoms. The van der Waals surface area contributed by atoms with Gasteiger partial charge in [0.25, 0.3) is 5.69 Å². The number of nitro benzene ring substituents is 1. The maximum absolute atomic E-state index is 11.2. The number of nitro groups is 1. The molecular weight excluding hydrogens is 274 g/mol. The van der Waals surface area contributed by atoms with Gasteiger partial charge in [-0.25, -0.2) is 0 Å². The maximum Gasteiger partial charge on any atom is 0.269 e. The highest BCUT2D eigenvalue weighted by atomic mass is 16.6. The number of non-ortho nitro benzene ring substituents is 1. The van der Waals surface area contributed by atoms with E-state index in [2.05, 4.69) is 4.90 Å². The summed E-state index contributed by atoms with van der Waals surface area (Å²) in [5.41, 5.74) is 0.520. The number of aliphatic hydroxyl groups excluding tert-OH is 1. The molecule has 21 heavy (non-hydrogen) atoms. The minimum Gasteiger partial charge on any atom is -0.387 e. The van der Waals surface area contributed by atoms with E-state index in [0.717, 1.165) is 0 Å². The first-order chi connectivity index (χ1) is 9.97. The zero-order valence-corrected chi connectivity index (χ0v) is 11.9. The molecule has 1 aliphatic rings. The van der Waals surface area contributed by atoms with Gasteiger partial charge < -0.3 is 10.0 Å². The first-order valence-electron chi connectivity index (χ1n) is 6.87. The fourth-order valence-corrected chi connectivity index (χ4v) is 2.44. The van der Waals surface area contributed by atoms with Crippen molar-refractivity contribution in [1.82, 2.24) is 9.80 Å². The van der Waals surface area contributed by atoms with Gasteiger partial charge in [0.05, 0.1) is 11.0 Å². The standard InChI is InChI=1S/C14H19N3O4/c1-11(18)16-7-5-15(6-8-16)10-14(19)12-3-2-4-13(9-12)17(20)21/h2-4,9,14,19H,5-8,10H2,1H3. The Kier molecular flexibility index (Phi) is 4.87. The lowest BCUT2D eigenvalue weighted by atomic mass is 10.1. The van der Waals surface area contributed by atoms with Gasteiger partial charge in [0, 0.05) is 51.8 Å². The van der Waals surface area contributed by atoms with Gasteiger partial charge in [0.15, 0.2) is 0 Å². The smallest absolute Gasteiger partial charge is 0.269 e. The van der Waals surface area contributed by atoms with E-state index < -0.39 is 11.0 Å². The van der Waals surface area contributed by atoms with E-state index in [4.69, 9.17) is 0 Å². The summed E-state index contributed by atoms with van der Waals surface area (Å²) in [6.45, 7) is 4.66. The Hall–Kier alpha value is -1.99. The van der Waals surface area contributed by atoms with E-state index in [-0.39, 0.29) is 11.6 Å². The van der Waals surface area contributed by atoms with Crippen LogP contribution in [0.25, 0.3) is 0 Å². The van der Waals surface area contributed by atoms with Crippen LogP contribution in [0.15, 0.2) is 24.3 Å². The van der Waals surface area contributed by atoms with Crippen LogP contribution in [0, 0.1) is 10.1 Å². The van der Waals surface area contributed by atoms with Crippen LogP contribution in [0.1, 0.15) is 18.6 Å². The molecule has 1 N–H and O–H groups in total. The Labute approximate surface area is 122 Å². The van der Waals surface area contributed by atoms with Crippen LogP contribution >= 0.6 is 0 Å². The number of benzene rings is 1. The molecule has 1 heterocycles. The first kappa shape index (κ1) is 15.4. The minimum absolute atomic E-state index is 0.0204. The predicted octanol–water partition coefficient (Wildman–Crippen LogP) is 0.792. The number of hydrogen-bond donors (Lipinski definition) is 1. The number of carbonyl (C=O) groups is 1. The Morgan fingerprint density at radius 1 is 1.38 bits per heavy atom. The molecule has 1 aromatic rings. The fourth-order valence-electron chi connectivity index (χ4n) is 2.44. The van der Waals surface area contributed by atoms with E-state index in [9.17, 15) is 20.0 Å². The normalized spacial score (nSPS) is 17.5. The van der Waals surface area contributed by atoms with Gasteiger partial charge in [0.2, 0.25) is 5.91 Å². The van der Waals surface area contributed by atoms with Crippen LogP contribution in [0.5, 0.6) is 0 Å². The van der Waals surface area contributed by atoms with Gasteiger partial charge in [-0.2, -0.15) is 0 Å². The Balaban J connectivity index is 1.93. The van der Waals surface area contributed by atoms with Crippen LogP contribution < -0.4 is 0 Å². The predicted molar refractivity (Wildman–Crippen MR) is 76.8 cm³/mol. The van der Waals surface area contributed by atoms with Gasteiger partial charge in [-0.15, -0.1) is 0 Å². The Morgan fingerprint density at radius 2 is 2.05 bits per heavy atom. The van der Waals surface area contributed by atoms with Gasteiger partial charge in [0.1, 0.15) is 0 Å². The third kappa shape index (κ3) is 3.99. The van der Waals surface area contributed by atoms with E-state index in [1.807, 2.05) is 0 Å². The van der Waals surface area contributed by atoms with Gasteiger partial charge in [-0.1, -0.05) is 12.1 Å². The molecule has 0 saturated carbocycles. The second-order valence-electron chi connectivity index (χ2n) is 5.17. The summed E-state index contributed by atoms with van der Waals surface area (Å²) in [4.78, 5) is 25.3. The molecule has 1 unspecified atom stereocenters. The van der Waals surface area contributed by atoms with Crippen LogP contribution in [0.2, 0.25) is 0 Å². The second kappa shape index (κ2) is 6.64. The number of β-amino-alcohol motifs (C(OH)–C–C–N with tert-alkyl or cyclic N) is 1. The van der Waals surface area contributed by atoms with E-state index in [1.54, 1.807) is 24.0 Å². The molecule has 1 amide bonds. The maximum atomic E-state index is 11.2. The molecule has 0 aromatic heterocycles. The molecular formula is C14H19N3O4. The van der Waals surface area contributed by atoms with Crippen molar-refractivity contribution < 1.29 is 14.8 Å². The number of hydrogen-bond acceptors (Lipinski definition) is 5. The molecule has 0 radical (unpaired) electrons. The first-order valence-corrected chi connectivity index (χ1v) is 6.87. The summed E-state index contributed by atoms with van der Waals surface area (Å²) in [7, 11) is 0. The van der Waals surface area contributed by atoms with Crippen LogP contribution in [0.3, 0.4) is 0 Å². The van der Waals surface area contributed by atoms with Gasteiger partial charge in [-0.3, -0.25) is 19.8 Å². The van der Waals surface area contributed by atoms with Crippen molar-refractivity contribution in [2.45, 2.75) is 13.0 Å². The SMILES string of the molecule is CC(=O)N1CCN(CC(O)c2cccc([N+](=O)[O-])c2)CC1. The van der Waals surface area contributed by atoms with Crippen molar-refractivity contribution in [3.63, 3.8) is 0 Å². The molecule has 1 saturated heterocycles. The van der Waals surface area contributed by atoms with Crippen molar-refractivity contribution in [1.29, 1.82) is 0 Å². The lowest BCUT2D eigenvalue weighted by Crippen LogP contribution is -2.48. The van der Waals surface area contributed by atoms with Crippen molar-refractivity contribution in [3.05, 3.63) is 39.9 Å². The van der Waals surface area contributed by atoms with E-state index in [1.165, 1.54) is 12.1 Å². The Bertz CT molecular complexity index is 527. The summed E-state index contributed by atoms with van der Waals surface area (Å²) >= 11 is 0. The summed E-state index contributed by atoms with van der Waals surface area (Å²) < 4.78 is 0. The van der Waals surface area contributed by atoms with E-state index in [0.29, 0.717) is 38.3 Å². The zero-order chi connectivity index (χ0) is 15.4. The highest BCUT2D eigenvalue weighted by molar-refractivity contribution is 5.73. The summed E-state index contributed by atoms with van der Waals surface area (Å²) in [5, 5.41) is 21.0. The molecule has 0 aliphatic carbocycles. The van der Waals surface area contributed by atoms with Crippen molar-refractivity contribution in [3.8, 4) is 0 Å². The Morgan fingerprint density at radius 3 is 2.62 bits per heavy atom. The molecule has 7 heteroatoms. The molecule has 0 bridgehead atoms. The largest absolute Gasteiger partial charge is 0.387 e. The van der Waals surface area contributed by atoms with Crippen LogP contribution in [0.4, 0.5) is 5.69 Å². The van der Waals surface area contributed by atoms with Gasteiger partial charge in [-0.05, 0) is 5.56 Å². The number of aliphatic hydroxyl groups is 1. The van der Waals surface area contributed by atoms with Crippen molar-refractivity contribution in [2.24, 2.45) is 0 Å². The number of piperazine rings is 1. The van der Waals surface area contributed by atoms with Gasteiger partial charge >= 0.3 is 0 Å². The number of rotatable bonds is 4. The lowest BCUT2D eigenvalue weighted by Gasteiger charge is -2.35. The molecule has 114 valence electrons. The molecule has 7 nitrogen and oxygen atoms in total.